The first kappa shape index (κ1) is 16.0. The Morgan fingerprint density at radius 1 is 1.39 bits per heavy atom. The molecule has 0 spiro atoms. The van der Waals surface area contributed by atoms with Crippen molar-refractivity contribution in [1.29, 1.82) is 0 Å². The highest BCUT2D eigenvalue weighted by molar-refractivity contribution is 5.81. The topological polar surface area (TPSA) is 78.7 Å². The second-order valence-electron chi connectivity index (χ2n) is 6.38. The molecule has 1 aromatic rings. The number of amides is 2. The van der Waals surface area contributed by atoms with Crippen LogP contribution >= 0.6 is 0 Å². The molecule has 1 aromatic heterocycles. The van der Waals surface area contributed by atoms with Gasteiger partial charge in [0.15, 0.2) is 0 Å². The normalized spacial score (nSPS) is 22.5. The summed E-state index contributed by atoms with van der Waals surface area (Å²) in [6, 6.07) is 0.145. The molecule has 0 saturated carbocycles. The van der Waals surface area contributed by atoms with E-state index in [4.69, 9.17) is 4.52 Å². The van der Waals surface area contributed by atoms with Gasteiger partial charge in [-0.05, 0) is 26.7 Å². The Labute approximate surface area is 136 Å². The number of nitrogens with zero attached hydrogens (tertiary/aromatic N) is 3. The number of likely N-dealkylation sites (tertiary alicyclic amines) is 1. The molecule has 2 aliphatic heterocycles. The monoisotopic (exact) mass is 320 g/mol. The van der Waals surface area contributed by atoms with Crippen LogP contribution in [0.15, 0.2) is 4.52 Å². The summed E-state index contributed by atoms with van der Waals surface area (Å²) >= 11 is 0. The zero-order chi connectivity index (χ0) is 16.4. The van der Waals surface area contributed by atoms with Crippen LogP contribution in [0.3, 0.4) is 0 Å². The third kappa shape index (κ3) is 3.39. The minimum atomic E-state index is 0.0895. The number of rotatable bonds is 3. The second kappa shape index (κ2) is 6.70. The van der Waals surface area contributed by atoms with Crippen molar-refractivity contribution in [1.82, 2.24) is 20.3 Å². The third-order valence-electron chi connectivity index (χ3n) is 4.83. The van der Waals surface area contributed by atoms with Crippen LogP contribution in [0.4, 0.5) is 0 Å². The van der Waals surface area contributed by atoms with Gasteiger partial charge in [0.05, 0.1) is 18.7 Å². The summed E-state index contributed by atoms with van der Waals surface area (Å²) in [6.45, 7) is 7.06. The first-order chi connectivity index (χ1) is 11.1. The summed E-state index contributed by atoms with van der Waals surface area (Å²) < 4.78 is 5.13. The van der Waals surface area contributed by atoms with Gasteiger partial charge in [0.2, 0.25) is 11.8 Å². The van der Waals surface area contributed by atoms with Crippen LogP contribution in [0.2, 0.25) is 0 Å². The fraction of sp³-hybridized carbons (Fsp3) is 0.688. The quantitative estimate of drug-likeness (QED) is 0.864. The van der Waals surface area contributed by atoms with Crippen molar-refractivity contribution in [2.24, 2.45) is 0 Å². The largest absolute Gasteiger partial charge is 0.361 e. The van der Waals surface area contributed by atoms with Crippen molar-refractivity contribution in [2.75, 3.05) is 32.7 Å². The smallest absolute Gasteiger partial charge is 0.236 e. The van der Waals surface area contributed by atoms with Gasteiger partial charge >= 0.3 is 0 Å². The van der Waals surface area contributed by atoms with Crippen LogP contribution < -0.4 is 5.32 Å². The van der Waals surface area contributed by atoms with Crippen LogP contribution in [-0.2, 0) is 16.0 Å². The van der Waals surface area contributed by atoms with E-state index in [0.717, 1.165) is 43.7 Å². The average molecular weight is 320 g/mol. The molecule has 0 aliphatic carbocycles. The molecule has 7 heteroatoms. The minimum Gasteiger partial charge on any atom is -0.361 e. The van der Waals surface area contributed by atoms with Crippen molar-refractivity contribution in [3.8, 4) is 0 Å². The minimum absolute atomic E-state index is 0.0895. The Bertz CT molecular complexity index is 579. The molecule has 2 amide bonds. The van der Waals surface area contributed by atoms with Gasteiger partial charge in [0, 0.05) is 37.8 Å². The Balaban J connectivity index is 1.64. The molecular weight excluding hydrogens is 296 g/mol. The van der Waals surface area contributed by atoms with Gasteiger partial charge in [-0.1, -0.05) is 5.16 Å². The number of carbonyl (C=O) groups is 2. The Morgan fingerprint density at radius 3 is 2.91 bits per heavy atom. The van der Waals surface area contributed by atoms with E-state index in [1.54, 1.807) is 0 Å². The molecule has 2 saturated heterocycles. The first-order valence-electron chi connectivity index (χ1n) is 8.26. The number of piperazine rings is 1. The predicted molar refractivity (Wildman–Crippen MR) is 83.9 cm³/mol. The van der Waals surface area contributed by atoms with E-state index >= 15 is 0 Å². The standard InChI is InChI=1S/C16H24N4O3/c1-11-14(12(2)23-18-11)8-15(21)19-6-3-4-13(10-19)20-7-5-17-9-16(20)22/h13,17H,3-10H2,1-2H3. The molecule has 1 unspecified atom stereocenters. The summed E-state index contributed by atoms with van der Waals surface area (Å²) in [4.78, 5) is 28.5. The number of aryl methyl sites for hydroxylation is 2. The maximum Gasteiger partial charge on any atom is 0.236 e. The molecule has 7 nitrogen and oxygen atoms in total. The molecule has 2 fully saturated rings. The number of piperidine rings is 1. The van der Waals surface area contributed by atoms with Gasteiger partial charge in [-0.15, -0.1) is 0 Å². The molecule has 0 radical (unpaired) electrons. The van der Waals surface area contributed by atoms with Gasteiger partial charge in [-0.3, -0.25) is 9.59 Å². The molecule has 126 valence electrons. The van der Waals surface area contributed by atoms with E-state index in [2.05, 4.69) is 10.5 Å². The lowest BCUT2D eigenvalue weighted by Gasteiger charge is -2.41. The van der Waals surface area contributed by atoms with Gasteiger partial charge in [0.1, 0.15) is 5.76 Å². The lowest BCUT2D eigenvalue weighted by atomic mass is 10.0. The van der Waals surface area contributed by atoms with E-state index in [9.17, 15) is 9.59 Å². The number of nitrogens with one attached hydrogen (secondary N) is 1. The average Bonchev–Trinajstić information content (AvgIpc) is 2.87. The predicted octanol–water partition coefficient (Wildman–Crippen LogP) is 0.257. The van der Waals surface area contributed by atoms with Crippen molar-refractivity contribution in [3.05, 3.63) is 17.0 Å². The molecule has 23 heavy (non-hydrogen) atoms. The lowest BCUT2D eigenvalue weighted by molar-refractivity contribution is -0.140. The van der Waals surface area contributed by atoms with Gasteiger partial charge in [0.25, 0.3) is 0 Å². The van der Waals surface area contributed by atoms with Crippen molar-refractivity contribution < 1.29 is 14.1 Å². The summed E-state index contributed by atoms with van der Waals surface area (Å²) in [5, 5.41) is 7.00. The van der Waals surface area contributed by atoms with Gasteiger partial charge in [-0.25, -0.2) is 0 Å². The van der Waals surface area contributed by atoms with Gasteiger partial charge < -0.3 is 19.6 Å². The van der Waals surface area contributed by atoms with Crippen molar-refractivity contribution in [3.63, 3.8) is 0 Å². The van der Waals surface area contributed by atoms with E-state index in [1.165, 1.54) is 0 Å². The van der Waals surface area contributed by atoms with E-state index in [1.807, 2.05) is 23.6 Å². The van der Waals surface area contributed by atoms with Crippen LogP contribution in [-0.4, -0.2) is 65.5 Å². The van der Waals surface area contributed by atoms with Crippen molar-refractivity contribution >= 4 is 11.8 Å². The summed E-state index contributed by atoms with van der Waals surface area (Å²) in [7, 11) is 0. The molecule has 1 atom stereocenters. The first-order valence-corrected chi connectivity index (χ1v) is 8.26. The number of carbonyl (C=O) groups excluding carboxylic acids is 2. The molecule has 1 N–H and O–H groups in total. The lowest BCUT2D eigenvalue weighted by Crippen LogP contribution is -2.57. The summed E-state index contributed by atoms with van der Waals surface area (Å²) in [5.74, 6) is 0.939. The fourth-order valence-electron chi connectivity index (χ4n) is 3.46. The maximum absolute atomic E-state index is 12.6. The van der Waals surface area contributed by atoms with E-state index in [0.29, 0.717) is 25.3 Å². The van der Waals surface area contributed by atoms with E-state index in [-0.39, 0.29) is 17.9 Å². The van der Waals surface area contributed by atoms with Gasteiger partial charge in [-0.2, -0.15) is 0 Å². The molecule has 3 heterocycles. The Morgan fingerprint density at radius 2 is 2.22 bits per heavy atom. The highest BCUT2D eigenvalue weighted by atomic mass is 16.5. The third-order valence-corrected chi connectivity index (χ3v) is 4.83. The molecule has 0 bridgehead atoms. The fourth-order valence-corrected chi connectivity index (χ4v) is 3.46. The van der Waals surface area contributed by atoms with Crippen LogP contribution in [0.5, 0.6) is 0 Å². The molecule has 2 aliphatic rings. The van der Waals surface area contributed by atoms with Crippen LogP contribution in [0.25, 0.3) is 0 Å². The number of hydrogen-bond acceptors (Lipinski definition) is 5. The van der Waals surface area contributed by atoms with Crippen LogP contribution in [0.1, 0.15) is 29.9 Å². The molecule has 3 rings (SSSR count). The highest BCUT2D eigenvalue weighted by Crippen LogP contribution is 2.19. The maximum atomic E-state index is 12.6. The zero-order valence-corrected chi connectivity index (χ0v) is 13.8. The Hall–Kier alpha value is -1.89. The molecule has 0 aromatic carbocycles. The molecular formula is C16H24N4O3. The number of aromatic nitrogens is 1. The van der Waals surface area contributed by atoms with Crippen LogP contribution in [0, 0.1) is 13.8 Å². The summed E-state index contributed by atoms with van der Waals surface area (Å²) in [5.41, 5.74) is 1.66. The summed E-state index contributed by atoms with van der Waals surface area (Å²) in [6.07, 6.45) is 2.24. The highest BCUT2D eigenvalue weighted by Gasteiger charge is 2.32. The SMILES string of the molecule is Cc1noc(C)c1CC(=O)N1CCCC(N2CCNCC2=O)C1. The number of hydrogen-bond donors (Lipinski definition) is 1. The van der Waals surface area contributed by atoms with E-state index < -0.39 is 0 Å². The second-order valence-corrected chi connectivity index (χ2v) is 6.38. The zero-order valence-electron chi connectivity index (χ0n) is 13.8. The van der Waals surface area contributed by atoms with Crippen molar-refractivity contribution in [2.45, 2.75) is 39.2 Å². The Kier molecular flexibility index (Phi) is 4.66.